The molecule has 1 N–H and O–H groups in total. The number of hydrogen-bond donors (Lipinski definition) is 1. The summed E-state index contributed by atoms with van der Waals surface area (Å²) in [6, 6.07) is 12.2. The van der Waals surface area contributed by atoms with E-state index < -0.39 is 0 Å². The van der Waals surface area contributed by atoms with Gasteiger partial charge in [0.15, 0.2) is 5.76 Å². The zero-order valence-corrected chi connectivity index (χ0v) is 12.0. The molecule has 3 rings (SSSR count). The Balaban J connectivity index is 1.56. The number of anilines is 1. The van der Waals surface area contributed by atoms with Crippen molar-refractivity contribution in [2.75, 3.05) is 5.32 Å². The molecule has 2 aromatic heterocycles. The van der Waals surface area contributed by atoms with Crippen LogP contribution in [0.1, 0.15) is 17.9 Å². The number of carbonyl (C=O) groups excluding carboxylic acids is 1. The van der Waals surface area contributed by atoms with Gasteiger partial charge in [0.25, 0.3) is 0 Å². The normalized spacial score (nSPS) is 10.2. The second kappa shape index (κ2) is 6.58. The average molecular weight is 308 g/mol. The highest BCUT2D eigenvalue weighted by molar-refractivity contribution is 5.90. The first-order chi connectivity index (χ1) is 11.2. The molecule has 0 aliphatic rings. The van der Waals surface area contributed by atoms with E-state index in [0.29, 0.717) is 35.1 Å². The molecular weight excluding hydrogens is 296 g/mol. The Kier molecular flexibility index (Phi) is 4.16. The van der Waals surface area contributed by atoms with Gasteiger partial charge in [0.05, 0.1) is 17.9 Å². The first-order valence-corrected chi connectivity index (χ1v) is 6.91. The Morgan fingerprint density at radius 3 is 3.00 bits per heavy atom. The van der Waals surface area contributed by atoms with Gasteiger partial charge >= 0.3 is 0 Å². The van der Waals surface area contributed by atoms with Crippen molar-refractivity contribution in [3.05, 3.63) is 54.1 Å². The number of rotatable bonds is 5. The molecule has 0 spiro atoms. The minimum Gasteiger partial charge on any atom is -0.461 e. The maximum Gasteiger partial charge on any atom is 0.238 e. The molecule has 0 aliphatic carbocycles. The molecule has 1 amide bonds. The molecule has 0 saturated carbocycles. The van der Waals surface area contributed by atoms with Crippen LogP contribution < -0.4 is 5.32 Å². The molecule has 2 heterocycles. The van der Waals surface area contributed by atoms with Crippen LogP contribution in [-0.2, 0) is 11.2 Å². The lowest BCUT2D eigenvalue weighted by Gasteiger charge is -2.03. The molecule has 0 atom stereocenters. The van der Waals surface area contributed by atoms with Crippen molar-refractivity contribution in [3.8, 4) is 17.7 Å². The summed E-state index contributed by atoms with van der Waals surface area (Å²) in [6.07, 6.45) is 2.03. The zero-order valence-electron chi connectivity index (χ0n) is 12.0. The lowest BCUT2D eigenvalue weighted by molar-refractivity contribution is -0.116. The van der Waals surface area contributed by atoms with Gasteiger partial charge in [-0.25, -0.2) is 0 Å². The number of hydrogen-bond acceptors (Lipinski definition) is 6. The van der Waals surface area contributed by atoms with Gasteiger partial charge in [-0.3, -0.25) is 4.79 Å². The summed E-state index contributed by atoms with van der Waals surface area (Å²) in [4.78, 5) is 16.1. The van der Waals surface area contributed by atoms with Crippen molar-refractivity contribution < 1.29 is 13.7 Å². The largest absolute Gasteiger partial charge is 0.461 e. The molecule has 7 nitrogen and oxygen atoms in total. The number of furan rings is 1. The van der Waals surface area contributed by atoms with E-state index in [0.717, 1.165) is 0 Å². The molecule has 0 saturated heterocycles. The fourth-order valence-electron chi connectivity index (χ4n) is 1.97. The smallest absolute Gasteiger partial charge is 0.238 e. The predicted octanol–water partition coefficient (Wildman–Crippen LogP) is 2.77. The lowest BCUT2D eigenvalue weighted by Crippen LogP contribution is -2.12. The van der Waals surface area contributed by atoms with E-state index in [1.807, 2.05) is 6.07 Å². The minimum absolute atomic E-state index is 0.191. The number of nitrogens with zero attached hydrogens (tertiary/aromatic N) is 3. The Morgan fingerprint density at radius 2 is 2.22 bits per heavy atom. The molecule has 0 fully saturated rings. The number of amides is 1. The number of aryl methyl sites for hydroxylation is 1. The summed E-state index contributed by atoms with van der Waals surface area (Å²) < 4.78 is 10.3. The molecule has 0 bridgehead atoms. The van der Waals surface area contributed by atoms with Gasteiger partial charge in [-0.2, -0.15) is 10.2 Å². The molecule has 7 heteroatoms. The van der Waals surface area contributed by atoms with E-state index in [1.54, 1.807) is 36.4 Å². The van der Waals surface area contributed by atoms with Crippen LogP contribution in [0.25, 0.3) is 11.6 Å². The maximum atomic E-state index is 11.9. The topological polar surface area (TPSA) is 105 Å². The van der Waals surface area contributed by atoms with E-state index in [-0.39, 0.29) is 12.3 Å². The number of nitriles is 1. The van der Waals surface area contributed by atoms with Crippen molar-refractivity contribution in [3.63, 3.8) is 0 Å². The van der Waals surface area contributed by atoms with E-state index in [2.05, 4.69) is 15.5 Å². The summed E-state index contributed by atoms with van der Waals surface area (Å²) >= 11 is 0. The third-order valence-electron chi connectivity index (χ3n) is 3.05. The van der Waals surface area contributed by atoms with Crippen LogP contribution in [0.2, 0.25) is 0 Å². The second-order valence-corrected chi connectivity index (χ2v) is 4.73. The Bertz CT molecular complexity index is 846. The summed E-state index contributed by atoms with van der Waals surface area (Å²) in [5, 5.41) is 15.3. The third-order valence-corrected chi connectivity index (χ3v) is 3.05. The van der Waals surface area contributed by atoms with Gasteiger partial charge in [-0.15, -0.1) is 0 Å². The molecule has 0 unspecified atom stereocenters. The van der Waals surface area contributed by atoms with Crippen molar-refractivity contribution in [2.45, 2.75) is 12.8 Å². The highest BCUT2D eigenvalue weighted by Crippen LogP contribution is 2.16. The number of benzene rings is 1. The summed E-state index contributed by atoms with van der Waals surface area (Å²) in [7, 11) is 0. The number of carbonyl (C=O) groups is 1. The molecular formula is C16H12N4O3. The van der Waals surface area contributed by atoms with Crippen molar-refractivity contribution in [1.82, 2.24) is 10.1 Å². The van der Waals surface area contributed by atoms with Crippen LogP contribution >= 0.6 is 0 Å². The SMILES string of the molecule is N#Cc1cccc(NC(=O)CCc2nc(-c3ccco3)no2)c1. The van der Waals surface area contributed by atoms with Gasteiger partial charge < -0.3 is 14.3 Å². The van der Waals surface area contributed by atoms with Crippen LogP contribution in [0, 0.1) is 11.3 Å². The van der Waals surface area contributed by atoms with Crippen molar-refractivity contribution >= 4 is 11.6 Å². The molecule has 3 aromatic rings. The second-order valence-electron chi connectivity index (χ2n) is 4.73. The minimum atomic E-state index is -0.196. The van der Waals surface area contributed by atoms with Crippen LogP contribution in [0.3, 0.4) is 0 Å². The summed E-state index contributed by atoms with van der Waals surface area (Å²) in [5.41, 5.74) is 1.07. The zero-order chi connectivity index (χ0) is 16.1. The average Bonchev–Trinajstić information content (AvgIpc) is 3.24. The van der Waals surface area contributed by atoms with Crippen LogP contribution in [0.15, 0.2) is 51.6 Å². The Hall–Kier alpha value is -3.40. The van der Waals surface area contributed by atoms with Gasteiger partial charge in [0.2, 0.25) is 17.6 Å². The monoisotopic (exact) mass is 308 g/mol. The van der Waals surface area contributed by atoms with Gasteiger partial charge in [-0.05, 0) is 30.3 Å². The highest BCUT2D eigenvalue weighted by Gasteiger charge is 2.12. The first kappa shape index (κ1) is 14.5. The summed E-state index contributed by atoms with van der Waals surface area (Å²) in [5.74, 6) is 1.03. The van der Waals surface area contributed by atoms with E-state index >= 15 is 0 Å². The van der Waals surface area contributed by atoms with Gasteiger partial charge in [0.1, 0.15) is 0 Å². The lowest BCUT2D eigenvalue weighted by atomic mass is 10.2. The van der Waals surface area contributed by atoms with Crippen molar-refractivity contribution in [2.24, 2.45) is 0 Å². The number of aromatic nitrogens is 2. The number of nitrogens with one attached hydrogen (secondary N) is 1. The predicted molar refractivity (Wildman–Crippen MR) is 80.1 cm³/mol. The molecule has 114 valence electrons. The molecule has 1 aromatic carbocycles. The maximum absolute atomic E-state index is 11.9. The van der Waals surface area contributed by atoms with Crippen molar-refractivity contribution in [1.29, 1.82) is 5.26 Å². The third kappa shape index (κ3) is 3.63. The first-order valence-electron chi connectivity index (χ1n) is 6.91. The fourth-order valence-corrected chi connectivity index (χ4v) is 1.97. The van der Waals surface area contributed by atoms with E-state index in [1.165, 1.54) is 6.26 Å². The van der Waals surface area contributed by atoms with Gasteiger partial charge in [-0.1, -0.05) is 11.2 Å². The standard InChI is InChI=1S/C16H12N4O3/c17-10-11-3-1-4-12(9-11)18-14(21)6-7-15-19-16(20-23-15)13-5-2-8-22-13/h1-5,8-9H,6-7H2,(H,18,21). The molecule has 0 aliphatic heterocycles. The van der Waals surface area contributed by atoms with Crippen LogP contribution in [0.5, 0.6) is 0 Å². The van der Waals surface area contributed by atoms with Crippen LogP contribution in [-0.4, -0.2) is 16.0 Å². The highest BCUT2D eigenvalue weighted by atomic mass is 16.5. The fraction of sp³-hybridized carbons (Fsp3) is 0.125. The Morgan fingerprint density at radius 1 is 1.30 bits per heavy atom. The molecule has 23 heavy (non-hydrogen) atoms. The van der Waals surface area contributed by atoms with Crippen LogP contribution in [0.4, 0.5) is 5.69 Å². The van der Waals surface area contributed by atoms with Gasteiger partial charge in [0, 0.05) is 18.5 Å². The Labute approximate surface area is 131 Å². The quantitative estimate of drug-likeness (QED) is 0.777. The van der Waals surface area contributed by atoms with E-state index in [9.17, 15) is 4.79 Å². The summed E-state index contributed by atoms with van der Waals surface area (Å²) in [6.45, 7) is 0. The van der Waals surface area contributed by atoms with E-state index in [4.69, 9.17) is 14.2 Å². The molecule has 0 radical (unpaired) electrons.